The van der Waals surface area contributed by atoms with Crippen molar-refractivity contribution < 1.29 is 9.53 Å². The van der Waals surface area contributed by atoms with Gasteiger partial charge in [0.15, 0.2) is 0 Å². The number of rotatable bonds is 3. The molecule has 1 fully saturated rings. The number of ether oxygens (including phenoxy) is 1. The number of carbonyl (C=O) groups excluding carboxylic acids is 1. The lowest BCUT2D eigenvalue weighted by molar-refractivity contribution is 0.0922. The number of hydrogen-bond donors (Lipinski definition) is 1. The molecule has 2 heterocycles. The Morgan fingerprint density at radius 1 is 1.72 bits per heavy atom. The molecule has 2 rings (SSSR count). The predicted octanol–water partition coefficient (Wildman–Crippen LogP) is 2.65. The Morgan fingerprint density at radius 2 is 2.50 bits per heavy atom. The molecule has 0 bridgehead atoms. The van der Waals surface area contributed by atoms with E-state index >= 15 is 0 Å². The van der Waals surface area contributed by atoms with Gasteiger partial charge in [-0.05, 0) is 35.3 Å². The van der Waals surface area contributed by atoms with E-state index in [-0.39, 0.29) is 17.1 Å². The molecule has 6 heteroatoms. The number of nitrogens with zero attached hydrogens (tertiary/aromatic N) is 1. The molecule has 18 heavy (non-hydrogen) atoms. The van der Waals surface area contributed by atoms with Gasteiger partial charge in [0.25, 0.3) is 5.91 Å². The van der Waals surface area contributed by atoms with E-state index in [4.69, 9.17) is 16.3 Å². The standard InChI is InChI=1S/C12H14BrClN2O2/c1-7(8-2-3-18-6-8)16-12(17)10-4-9(13)5-15-11(10)14/h4-5,7-8H,2-3,6H2,1H3,(H,16,17). The van der Waals surface area contributed by atoms with Crippen molar-refractivity contribution in [2.24, 2.45) is 5.92 Å². The number of hydrogen-bond acceptors (Lipinski definition) is 3. The van der Waals surface area contributed by atoms with Crippen molar-refractivity contribution in [3.63, 3.8) is 0 Å². The average Bonchev–Trinajstić information content (AvgIpc) is 2.85. The highest BCUT2D eigenvalue weighted by atomic mass is 79.9. The molecule has 2 unspecified atom stereocenters. The van der Waals surface area contributed by atoms with E-state index in [2.05, 4.69) is 26.2 Å². The molecule has 0 spiro atoms. The first-order valence-corrected chi connectivity index (χ1v) is 6.94. The Hall–Kier alpha value is -0.650. The number of halogens is 2. The first-order chi connectivity index (χ1) is 8.58. The molecule has 2 atom stereocenters. The smallest absolute Gasteiger partial charge is 0.254 e. The van der Waals surface area contributed by atoms with Gasteiger partial charge in [-0.2, -0.15) is 0 Å². The number of pyridine rings is 1. The summed E-state index contributed by atoms with van der Waals surface area (Å²) in [5, 5.41) is 3.16. The molecule has 1 aromatic rings. The topological polar surface area (TPSA) is 51.2 Å². The summed E-state index contributed by atoms with van der Waals surface area (Å²) in [6.07, 6.45) is 2.54. The van der Waals surface area contributed by atoms with Crippen LogP contribution in [0.1, 0.15) is 23.7 Å². The summed E-state index contributed by atoms with van der Waals surface area (Å²) in [4.78, 5) is 16.0. The third kappa shape index (κ3) is 3.22. The van der Waals surface area contributed by atoms with E-state index < -0.39 is 0 Å². The van der Waals surface area contributed by atoms with Gasteiger partial charge in [-0.15, -0.1) is 0 Å². The quantitative estimate of drug-likeness (QED) is 0.865. The van der Waals surface area contributed by atoms with Gasteiger partial charge >= 0.3 is 0 Å². The van der Waals surface area contributed by atoms with Crippen LogP contribution >= 0.6 is 27.5 Å². The largest absolute Gasteiger partial charge is 0.381 e. The van der Waals surface area contributed by atoms with Crippen molar-refractivity contribution in [2.75, 3.05) is 13.2 Å². The van der Waals surface area contributed by atoms with Crippen LogP contribution in [-0.4, -0.2) is 30.1 Å². The summed E-state index contributed by atoms with van der Waals surface area (Å²) >= 11 is 9.19. The molecule has 1 aliphatic rings. The highest BCUT2D eigenvalue weighted by Crippen LogP contribution is 2.20. The number of amides is 1. The van der Waals surface area contributed by atoms with Crippen molar-refractivity contribution in [3.8, 4) is 0 Å². The van der Waals surface area contributed by atoms with E-state index in [1.54, 1.807) is 12.3 Å². The summed E-state index contributed by atoms with van der Waals surface area (Å²) in [6.45, 7) is 3.45. The number of nitrogens with one attached hydrogen (secondary N) is 1. The van der Waals surface area contributed by atoms with Crippen molar-refractivity contribution in [1.29, 1.82) is 0 Å². The van der Waals surface area contributed by atoms with Gasteiger partial charge in [-0.3, -0.25) is 4.79 Å². The SMILES string of the molecule is CC(NC(=O)c1cc(Br)cnc1Cl)C1CCOC1. The molecule has 1 amide bonds. The third-order valence-corrected chi connectivity index (χ3v) is 3.82. The van der Waals surface area contributed by atoms with Crippen LogP contribution in [0.4, 0.5) is 0 Å². The molecule has 1 saturated heterocycles. The lowest BCUT2D eigenvalue weighted by Gasteiger charge is -2.19. The van der Waals surface area contributed by atoms with Crippen LogP contribution < -0.4 is 5.32 Å². The molecule has 0 saturated carbocycles. The summed E-state index contributed by atoms with van der Waals surface area (Å²) in [5.41, 5.74) is 0.386. The lowest BCUT2D eigenvalue weighted by atomic mass is 10.0. The van der Waals surface area contributed by atoms with Gasteiger partial charge in [-0.1, -0.05) is 11.6 Å². The minimum absolute atomic E-state index is 0.0649. The Kier molecular flexibility index (Phi) is 4.59. The van der Waals surface area contributed by atoms with Gasteiger partial charge in [0.1, 0.15) is 5.15 Å². The Morgan fingerprint density at radius 3 is 3.17 bits per heavy atom. The summed E-state index contributed by atoms with van der Waals surface area (Å²) in [6, 6.07) is 1.73. The van der Waals surface area contributed by atoms with Crippen molar-refractivity contribution in [2.45, 2.75) is 19.4 Å². The molecule has 1 aromatic heterocycles. The fraction of sp³-hybridized carbons (Fsp3) is 0.500. The summed E-state index contributed by atoms with van der Waals surface area (Å²) < 4.78 is 6.04. The fourth-order valence-corrected chi connectivity index (χ4v) is 2.45. The van der Waals surface area contributed by atoms with Crippen molar-refractivity contribution in [3.05, 3.63) is 27.5 Å². The minimum atomic E-state index is -0.201. The maximum absolute atomic E-state index is 12.1. The maximum Gasteiger partial charge on any atom is 0.254 e. The molecular formula is C12H14BrClN2O2. The van der Waals surface area contributed by atoms with E-state index in [0.29, 0.717) is 18.1 Å². The summed E-state index contributed by atoms with van der Waals surface area (Å²) in [7, 11) is 0. The Bertz CT molecular complexity index is 450. The van der Waals surface area contributed by atoms with Gasteiger partial charge in [0.05, 0.1) is 12.2 Å². The van der Waals surface area contributed by atoms with Crippen LogP contribution in [-0.2, 0) is 4.74 Å². The van der Waals surface area contributed by atoms with Gasteiger partial charge in [0, 0.05) is 29.2 Å². The van der Waals surface area contributed by atoms with Crippen LogP contribution in [0.5, 0.6) is 0 Å². The van der Waals surface area contributed by atoms with Crippen LogP contribution in [0, 0.1) is 5.92 Å². The maximum atomic E-state index is 12.1. The minimum Gasteiger partial charge on any atom is -0.381 e. The van der Waals surface area contributed by atoms with E-state index in [1.165, 1.54) is 0 Å². The average molecular weight is 334 g/mol. The monoisotopic (exact) mass is 332 g/mol. The van der Waals surface area contributed by atoms with Crippen LogP contribution in [0.25, 0.3) is 0 Å². The zero-order valence-electron chi connectivity index (χ0n) is 9.95. The predicted molar refractivity (Wildman–Crippen MR) is 72.8 cm³/mol. The van der Waals surface area contributed by atoms with Crippen LogP contribution in [0.2, 0.25) is 5.15 Å². The molecule has 0 aromatic carbocycles. The van der Waals surface area contributed by atoms with E-state index in [9.17, 15) is 4.79 Å². The van der Waals surface area contributed by atoms with E-state index in [1.807, 2.05) is 6.92 Å². The second kappa shape index (κ2) is 5.99. The molecule has 1 aliphatic heterocycles. The Labute approximate surface area is 119 Å². The Balaban J connectivity index is 2.04. The zero-order chi connectivity index (χ0) is 13.1. The highest BCUT2D eigenvalue weighted by Gasteiger charge is 2.24. The molecule has 1 N–H and O–H groups in total. The number of carbonyl (C=O) groups is 1. The van der Waals surface area contributed by atoms with E-state index in [0.717, 1.165) is 17.5 Å². The van der Waals surface area contributed by atoms with Crippen LogP contribution in [0.3, 0.4) is 0 Å². The normalized spacial score (nSPS) is 20.7. The molecule has 0 radical (unpaired) electrons. The first-order valence-electron chi connectivity index (χ1n) is 5.77. The third-order valence-electron chi connectivity index (χ3n) is 3.08. The second-order valence-corrected chi connectivity index (χ2v) is 5.65. The summed E-state index contributed by atoms with van der Waals surface area (Å²) in [5.74, 6) is 0.168. The highest BCUT2D eigenvalue weighted by molar-refractivity contribution is 9.10. The first kappa shape index (κ1) is 13.8. The van der Waals surface area contributed by atoms with Crippen molar-refractivity contribution >= 4 is 33.4 Å². The molecule has 0 aliphatic carbocycles. The van der Waals surface area contributed by atoms with Gasteiger partial charge in [0.2, 0.25) is 0 Å². The molecular weight excluding hydrogens is 320 g/mol. The molecule has 4 nitrogen and oxygen atoms in total. The molecule has 98 valence electrons. The second-order valence-electron chi connectivity index (χ2n) is 4.38. The zero-order valence-corrected chi connectivity index (χ0v) is 12.3. The lowest BCUT2D eigenvalue weighted by Crippen LogP contribution is -2.38. The van der Waals surface area contributed by atoms with Gasteiger partial charge in [-0.25, -0.2) is 4.98 Å². The van der Waals surface area contributed by atoms with Crippen LogP contribution in [0.15, 0.2) is 16.7 Å². The number of aromatic nitrogens is 1. The van der Waals surface area contributed by atoms with Crippen molar-refractivity contribution in [1.82, 2.24) is 10.3 Å². The fourth-order valence-electron chi connectivity index (χ4n) is 1.93. The van der Waals surface area contributed by atoms with Gasteiger partial charge < -0.3 is 10.1 Å².